The van der Waals surface area contributed by atoms with Gasteiger partial charge in [0.1, 0.15) is 0 Å². The highest BCUT2D eigenvalue weighted by atomic mass is 16.5. The third-order valence-corrected chi connectivity index (χ3v) is 4.17. The van der Waals surface area contributed by atoms with Gasteiger partial charge in [-0.2, -0.15) is 5.10 Å². The molecule has 2 saturated heterocycles. The summed E-state index contributed by atoms with van der Waals surface area (Å²) >= 11 is 0. The van der Waals surface area contributed by atoms with Gasteiger partial charge in [-0.25, -0.2) is 0 Å². The molecule has 3 heterocycles. The van der Waals surface area contributed by atoms with E-state index in [4.69, 9.17) is 4.74 Å². The van der Waals surface area contributed by atoms with Crippen LogP contribution < -0.4 is 5.32 Å². The minimum absolute atomic E-state index is 0.0312. The Morgan fingerprint density at radius 1 is 1.45 bits per heavy atom. The van der Waals surface area contributed by atoms with Crippen LogP contribution in [0.1, 0.15) is 36.0 Å². The zero-order valence-electron chi connectivity index (χ0n) is 11.7. The van der Waals surface area contributed by atoms with Gasteiger partial charge in [-0.3, -0.25) is 9.89 Å². The van der Waals surface area contributed by atoms with E-state index in [1.165, 1.54) is 12.8 Å². The molecule has 3 rings (SSSR count). The minimum Gasteiger partial charge on any atom is -0.377 e. The Kier molecular flexibility index (Phi) is 4.32. The summed E-state index contributed by atoms with van der Waals surface area (Å²) < 4.78 is 5.67. The fourth-order valence-electron chi connectivity index (χ4n) is 2.98. The first-order valence-corrected chi connectivity index (χ1v) is 7.45. The molecular formula is C14H22N4O2. The third kappa shape index (κ3) is 3.37. The average Bonchev–Trinajstić information content (AvgIpc) is 3.13. The molecule has 1 aromatic rings. The maximum absolute atomic E-state index is 11.9. The molecular weight excluding hydrogens is 256 g/mol. The molecule has 0 aliphatic carbocycles. The van der Waals surface area contributed by atoms with E-state index in [1.54, 1.807) is 12.4 Å². The standard InChI is InChI=1S/C14H22N4O2/c19-14(11-8-15-16-9-11)17-12-3-5-18(6-4-12)10-13-2-1-7-20-13/h8-9,12-13H,1-7,10H2,(H,15,16)(H,17,19)/t13-/m1/s1. The van der Waals surface area contributed by atoms with Crippen LogP contribution in [-0.4, -0.2) is 59.4 Å². The van der Waals surface area contributed by atoms with Crippen molar-refractivity contribution in [1.29, 1.82) is 0 Å². The van der Waals surface area contributed by atoms with Gasteiger partial charge in [0, 0.05) is 38.5 Å². The normalized spacial score (nSPS) is 24.9. The fraction of sp³-hybridized carbons (Fsp3) is 0.714. The van der Waals surface area contributed by atoms with E-state index in [0.717, 1.165) is 39.1 Å². The Morgan fingerprint density at radius 3 is 2.95 bits per heavy atom. The molecule has 0 radical (unpaired) electrons. The van der Waals surface area contributed by atoms with Gasteiger partial charge in [0.05, 0.1) is 17.9 Å². The molecule has 20 heavy (non-hydrogen) atoms. The number of nitrogens with one attached hydrogen (secondary N) is 2. The molecule has 0 aromatic carbocycles. The zero-order valence-corrected chi connectivity index (χ0v) is 11.7. The van der Waals surface area contributed by atoms with Crippen LogP contribution in [-0.2, 0) is 4.74 Å². The van der Waals surface area contributed by atoms with Gasteiger partial charge in [-0.1, -0.05) is 0 Å². The highest BCUT2D eigenvalue weighted by Crippen LogP contribution is 2.17. The van der Waals surface area contributed by atoms with E-state index in [2.05, 4.69) is 20.4 Å². The molecule has 0 spiro atoms. The van der Waals surface area contributed by atoms with Crippen LogP contribution in [0, 0.1) is 0 Å². The van der Waals surface area contributed by atoms with Crippen molar-refractivity contribution in [3.8, 4) is 0 Å². The van der Waals surface area contributed by atoms with Crippen molar-refractivity contribution in [2.45, 2.75) is 37.8 Å². The second kappa shape index (κ2) is 6.37. The summed E-state index contributed by atoms with van der Waals surface area (Å²) in [6.45, 7) is 4.04. The Bertz CT molecular complexity index is 420. The van der Waals surface area contributed by atoms with E-state index in [0.29, 0.717) is 11.7 Å². The van der Waals surface area contributed by atoms with Crippen LogP contribution >= 0.6 is 0 Å². The average molecular weight is 278 g/mol. The largest absolute Gasteiger partial charge is 0.377 e. The molecule has 6 nitrogen and oxygen atoms in total. The van der Waals surface area contributed by atoms with Crippen molar-refractivity contribution in [3.05, 3.63) is 18.0 Å². The van der Waals surface area contributed by atoms with E-state index >= 15 is 0 Å². The predicted molar refractivity (Wildman–Crippen MR) is 74.5 cm³/mol. The van der Waals surface area contributed by atoms with Crippen LogP contribution in [0.15, 0.2) is 12.4 Å². The first kappa shape index (κ1) is 13.6. The van der Waals surface area contributed by atoms with Crippen molar-refractivity contribution in [3.63, 3.8) is 0 Å². The summed E-state index contributed by atoms with van der Waals surface area (Å²) in [4.78, 5) is 14.4. The summed E-state index contributed by atoms with van der Waals surface area (Å²) in [5, 5.41) is 9.54. The number of ether oxygens (including phenoxy) is 1. The molecule has 2 aliphatic rings. The lowest BCUT2D eigenvalue weighted by molar-refractivity contribution is 0.0613. The summed E-state index contributed by atoms with van der Waals surface area (Å²) in [7, 11) is 0. The van der Waals surface area contributed by atoms with Crippen LogP contribution in [0.4, 0.5) is 0 Å². The number of carbonyl (C=O) groups excluding carboxylic acids is 1. The van der Waals surface area contributed by atoms with Gasteiger partial charge in [0.2, 0.25) is 0 Å². The topological polar surface area (TPSA) is 70.2 Å². The number of piperidine rings is 1. The molecule has 0 bridgehead atoms. The summed E-state index contributed by atoms with van der Waals surface area (Å²) in [5.41, 5.74) is 0.604. The maximum atomic E-state index is 11.9. The number of carbonyl (C=O) groups is 1. The number of aromatic amines is 1. The molecule has 0 unspecified atom stereocenters. The molecule has 1 atom stereocenters. The van der Waals surface area contributed by atoms with Crippen molar-refractivity contribution in [2.24, 2.45) is 0 Å². The van der Waals surface area contributed by atoms with Gasteiger partial charge in [0.15, 0.2) is 0 Å². The van der Waals surface area contributed by atoms with Crippen molar-refractivity contribution < 1.29 is 9.53 Å². The van der Waals surface area contributed by atoms with Crippen LogP contribution in [0.2, 0.25) is 0 Å². The molecule has 6 heteroatoms. The van der Waals surface area contributed by atoms with E-state index in [-0.39, 0.29) is 11.9 Å². The first-order chi connectivity index (χ1) is 9.81. The first-order valence-electron chi connectivity index (χ1n) is 7.45. The van der Waals surface area contributed by atoms with Crippen LogP contribution in [0.5, 0.6) is 0 Å². The van der Waals surface area contributed by atoms with Gasteiger partial charge in [0.25, 0.3) is 5.91 Å². The van der Waals surface area contributed by atoms with Crippen molar-refractivity contribution >= 4 is 5.91 Å². The summed E-state index contributed by atoms with van der Waals surface area (Å²) in [5.74, 6) is -0.0312. The highest BCUT2D eigenvalue weighted by Gasteiger charge is 2.24. The number of hydrogen-bond donors (Lipinski definition) is 2. The van der Waals surface area contributed by atoms with Crippen molar-refractivity contribution in [2.75, 3.05) is 26.2 Å². The smallest absolute Gasteiger partial charge is 0.254 e. The number of hydrogen-bond acceptors (Lipinski definition) is 4. The summed E-state index contributed by atoms with van der Waals surface area (Å²) in [6.07, 6.45) is 8.02. The lowest BCUT2D eigenvalue weighted by Crippen LogP contribution is -2.46. The van der Waals surface area contributed by atoms with Gasteiger partial charge in [-0.05, 0) is 25.7 Å². The highest BCUT2D eigenvalue weighted by molar-refractivity contribution is 5.93. The maximum Gasteiger partial charge on any atom is 0.254 e. The van der Waals surface area contributed by atoms with Crippen LogP contribution in [0.25, 0.3) is 0 Å². The van der Waals surface area contributed by atoms with Crippen molar-refractivity contribution in [1.82, 2.24) is 20.4 Å². The lowest BCUT2D eigenvalue weighted by atomic mass is 10.0. The quantitative estimate of drug-likeness (QED) is 0.854. The Hall–Kier alpha value is -1.40. The molecule has 2 aliphatic heterocycles. The number of H-pyrrole nitrogens is 1. The molecule has 2 fully saturated rings. The minimum atomic E-state index is -0.0312. The number of amides is 1. The Morgan fingerprint density at radius 2 is 2.30 bits per heavy atom. The van der Waals surface area contributed by atoms with Gasteiger partial charge < -0.3 is 15.0 Å². The van der Waals surface area contributed by atoms with E-state index < -0.39 is 0 Å². The molecule has 2 N–H and O–H groups in total. The second-order valence-electron chi connectivity index (χ2n) is 5.67. The van der Waals surface area contributed by atoms with Crippen LogP contribution in [0.3, 0.4) is 0 Å². The SMILES string of the molecule is O=C(NC1CCN(C[C@H]2CCCO2)CC1)c1cn[nH]c1. The predicted octanol–water partition coefficient (Wildman–Crippen LogP) is 0.783. The van der Waals surface area contributed by atoms with E-state index in [9.17, 15) is 4.79 Å². The number of rotatable bonds is 4. The summed E-state index contributed by atoms with van der Waals surface area (Å²) in [6, 6.07) is 0.276. The molecule has 110 valence electrons. The second-order valence-corrected chi connectivity index (χ2v) is 5.67. The Balaban J connectivity index is 1.40. The van der Waals surface area contributed by atoms with Gasteiger partial charge in [-0.15, -0.1) is 0 Å². The molecule has 0 saturated carbocycles. The third-order valence-electron chi connectivity index (χ3n) is 4.17. The number of nitrogens with zero attached hydrogens (tertiary/aromatic N) is 2. The Labute approximate surface area is 118 Å². The zero-order chi connectivity index (χ0) is 13.8. The van der Waals surface area contributed by atoms with Gasteiger partial charge >= 0.3 is 0 Å². The van der Waals surface area contributed by atoms with E-state index in [1.807, 2.05) is 0 Å². The monoisotopic (exact) mass is 278 g/mol. The lowest BCUT2D eigenvalue weighted by Gasteiger charge is -2.33. The molecule has 1 amide bonds. The fourth-order valence-corrected chi connectivity index (χ4v) is 2.98. The number of likely N-dealkylation sites (tertiary alicyclic amines) is 1. The number of aromatic nitrogens is 2. The molecule has 1 aromatic heterocycles.